The molecule has 0 aliphatic heterocycles. The molecule has 0 fully saturated rings. The van der Waals surface area contributed by atoms with E-state index in [1.54, 1.807) is 32.7 Å². The van der Waals surface area contributed by atoms with Gasteiger partial charge in [-0.1, -0.05) is 13.8 Å². The second-order valence-electron chi connectivity index (χ2n) is 8.43. The number of hydrogen-bond donors (Lipinski definition) is 4. The lowest BCUT2D eigenvalue weighted by Gasteiger charge is -2.26. The molecule has 0 unspecified atom stereocenters. The van der Waals surface area contributed by atoms with Crippen LogP contribution in [0, 0.1) is 5.92 Å². The Morgan fingerprint density at radius 2 is 1.72 bits per heavy atom. The summed E-state index contributed by atoms with van der Waals surface area (Å²) in [5.41, 5.74) is -0.535. The average Bonchev–Trinajstić information content (AvgIpc) is 2.61. The summed E-state index contributed by atoms with van der Waals surface area (Å²) in [5.74, 6) is 0.817. The predicted molar refractivity (Wildman–Crippen MR) is 119 cm³/mol. The Labute approximate surface area is 181 Å². The molecule has 0 aromatic carbocycles. The zero-order valence-corrected chi connectivity index (χ0v) is 19.7. The molecule has 9 heteroatoms. The number of carbonyl (C=O) groups excluding carboxylic acids is 3. The highest BCUT2D eigenvalue weighted by Crippen LogP contribution is 2.08. The summed E-state index contributed by atoms with van der Waals surface area (Å²) >= 11 is 4.22. The number of unbranched alkanes of at least 4 members (excludes halogenated alkanes) is 1. The molecule has 0 saturated heterocycles. The molecule has 1 atom stereocenters. The van der Waals surface area contributed by atoms with Crippen LogP contribution in [0.15, 0.2) is 0 Å². The molecule has 0 heterocycles. The normalized spacial score (nSPS) is 12.3. The van der Waals surface area contributed by atoms with Crippen LogP contribution in [0.5, 0.6) is 0 Å². The highest BCUT2D eigenvalue weighted by atomic mass is 32.1. The Hall–Kier alpha value is -1.64. The van der Waals surface area contributed by atoms with Crippen LogP contribution in [0.3, 0.4) is 0 Å². The maximum atomic E-state index is 12.6. The van der Waals surface area contributed by atoms with E-state index in [1.165, 1.54) is 0 Å². The number of thiol groups is 1. The van der Waals surface area contributed by atoms with Crippen LogP contribution in [0.2, 0.25) is 0 Å². The van der Waals surface area contributed by atoms with Crippen molar-refractivity contribution >= 4 is 30.7 Å². The first-order valence-corrected chi connectivity index (χ1v) is 11.0. The van der Waals surface area contributed by atoms with Gasteiger partial charge in [0.1, 0.15) is 11.6 Å². The molecule has 0 aromatic heterocycles. The fraction of sp³-hybridized carbons (Fsp3) is 0.850. The molecule has 29 heavy (non-hydrogen) atoms. The average molecular weight is 433 g/mol. The molecule has 0 rings (SSSR count). The van der Waals surface area contributed by atoms with Crippen molar-refractivity contribution in [2.24, 2.45) is 5.92 Å². The molecule has 0 aliphatic rings. The summed E-state index contributed by atoms with van der Waals surface area (Å²) in [6, 6.07) is -0.865. The molecule has 0 aromatic rings. The monoisotopic (exact) mass is 432 g/mol. The minimum atomic E-state index is -0.615. The van der Waals surface area contributed by atoms with E-state index in [1.807, 2.05) is 0 Å². The molecular weight excluding hydrogens is 392 g/mol. The zero-order valence-electron chi connectivity index (χ0n) is 18.8. The lowest BCUT2D eigenvalue weighted by molar-refractivity contribution is -0.122. The van der Waals surface area contributed by atoms with Crippen molar-refractivity contribution in [3.05, 3.63) is 0 Å². The first kappa shape index (κ1) is 27.4. The Bertz CT molecular complexity index is 509. The lowest BCUT2D eigenvalue weighted by atomic mass is 10.1. The molecule has 0 saturated carbocycles. The number of ether oxygens (including phenoxy) is 1. The largest absolute Gasteiger partial charge is 0.444 e. The van der Waals surface area contributed by atoms with Crippen molar-refractivity contribution in [1.29, 1.82) is 0 Å². The van der Waals surface area contributed by atoms with Gasteiger partial charge in [0.05, 0.1) is 0 Å². The molecule has 8 nitrogen and oxygen atoms in total. The van der Waals surface area contributed by atoms with Gasteiger partial charge in [0, 0.05) is 32.4 Å². The smallest absolute Gasteiger partial charge is 0.407 e. The van der Waals surface area contributed by atoms with Gasteiger partial charge in [0.15, 0.2) is 0 Å². The number of amides is 4. The molecular formula is C20H40N4O4S. The molecule has 4 amide bonds. The van der Waals surface area contributed by atoms with E-state index >= 15 is 0 Å². The van der Waals surface area contributed by atoms with E-state index < -0.39 is 17.7 Å². The first-order chi connectivity index (χ1) is 13.5. The number of rotatable bonds is 12. The maximum absolute atomic E-state index is 12.6. The summed E-state index contributed by atoms with van der Waals surface area (Å²) in [6.07, 6.45) is 2.27. The summed E-state index contributed by atoms with van der Waals surface area (Å²) in [4.78, 5) is 38.1. The number of nitrogens with zero attached hydrogens (tertiary/aromatic N) is 1. The quantitative estimate of drug-likeness (QED) is 0.281. The van der Waals surface area contributed by atoms with Gasteiger partial charge in [0.25, 0.3) is 0 Å². The Morgan fingerprint density at radius 1 is 1.07 bits per heavy atom. The van der Waals surface area contributed by atoms with E-state index in [4.69, 9.17) is 4.74 Å². The van der Waals surface area contributed by atoms with Crippen LogP contribution >= 0.6 is 12.6 Å². The summed E-state index contributed by atoms with van der Waals surface area (Å²) < 4.78 is 5.18. The summed E-state index contributed by atoms with van der Waals surface area (Å²) in [7, 11) is 1.55. The molecule has 0 aliphatic carbocycles. The maximum Gasteiger partial charge on any atom is 0.407 e. The van der Waals surface area contributed by atoms with Gasteiger partial charge in [-0.15, -0.1) is 0 Å². The third-order valence-corrected chi connectivity index (χ3v) is 4.28. The fourth-order valence-corrected chi connectivity index (χ4v) is 2.75. The number of carbonyl (C=O) groups is 3. The Balaban J connectivity index is 4.52. The van der Waals surface area contributed by atoms with Crippen LogP contribution in [0.25, 0.3) is 0 Å². The van der Waals surface area contributed by atoms with Crippen LogP contribution < -0.4 is 16.0 Å². The van der Waals surface area contributed by atoms with E-state index in [2.05, 4.69) is 42.4 Å². The van der Waals surface area contributed by atoms with Gasteiger partial charge in [-0.25, -0.2) is 9.59 Å². The number of urea groups is 1. The van der Waals surface area contributed by atoms with Gasteiger partial charge in [-0.05, 0) is 52.4 Å². The van der Waals surface area contributed by atoms with Crippen LogP contribution in [0.4, 0.5) is 9.59 Å². The minimum Gasteiger partial charge on any atom is -0.444 e. The van der Waals surface area contributed by atoms with Gasteiger partial charge >= 0.3 is 12.1 Å². The number of likely N-dealkylation sites (N-methyl/N-ethyl adjacent to an activating group) is 1. The highest BCUT2D eigenvalue weighted by molar-refractivity contribution is 7.80. The van der Waals surface area contributed by atoms with Crippen molar-refractivity contribution in [1.82, 2.24) is 20.9 Å². The SMILES string of the molecule is CNC(=O)[C@H](CCCCNC(=O)OC(C)(C)C)NC(=O)N(CCS)CCC(C)C. The standard InChI is InChI=1S/C20H40N4O4S/c1-15(2)10-12-24(13-14-29)18(26)23-16(17(25)21-6)9-7-8-11-22-19(27)28-20(3,4)5/h15-16,29H,7-14H2,1-6H3,(H,21,25)(H,22,27)(H,23,26)/t16-/m0/s1. The van der Waals surface area contributed by atoms with Gasteiger partial charge < -0.3 is 25.6 Å². The van der Waals surface area contributed by atoms with E-state index in [0.29, 0.717) is 50.6 Å². The van der Waals surface area contributed by atoms with E-state index in [0.717, 1.165) is 6.42 Å². The second kappa shape index (κ2) is 14.4. The number of hydrogen-bond acceptors (Lipinski definition) is 5. The zero-order chi connectivity index (χ0) is 22.4. The predicted octanol–water partition coefficient (Wildman–Crippen LogP) is 2.78. The lowest BCUT2D eigenvalue weighted by Crippen LogP contribution is -2.51. The number of nitrogens with one attached hydrogen (secondary N) is 3. The fourth-order valence-electron chi connectivity index (χ4n) is 2.51. The first-order valence-electron chi connectivity index (χ1n) is 10.3. The van der Waals surface area contributed by atoms with E-state index in [-0.39, 0.29) is 11.9 Å². The third kappa shape index (κ3) is 14.1. The van der Waals surface area contributed by atoms with E-state index in [9.17, 15) is 14.4 Å². The van der Waals surface area contributed by atoms with Crippen molar-refractivity contribution in [3.8, 4) is 0 Å². The van der Waals surface area contributed by atoms with Crippen molar-refractivity contribution in [2.45, 2.75) is 71.9 Å². The Morgan fingerprint density at radius 3 is 2.24 bits per heavy atom. The molecule has 170 valence electrons. The van der Waals surface area contributed by atoms with Gasteiger partial charge in [0.2, 0.25) is 5.91 Å². The van der Waals surface area contributed by atoms with Crippen LogP contribution in [-0.4, -0.2) is 67.0 Å². The van der Waals surface area contributed by atoms with Gasteiger partial charge in [-0.2, -0.15) is 12.6 Å². The van der Waals surface area contributed by atoms with Crippen molar-refractivity contribution in [3.63, 3.8) is 0 Å². The topological polar surface area (TPSA) is 99.8 Å². The molecule has 0 radical (unpaired) electrons. The minimum absolute atomic E-state index is 0.229. The highest BCUT2D eigenvalue weighted by Gasteiger charge is 2.22. The van der Waals surface area contributed by atoms with Crippen LogP contribution in [0.1, 0.15) is 60.3 Å². The van der Waals surface area contributed by atoms with Crippen LogP contribution in [-0.2, 0) is 9.53 Å². The number of alkyl carbamates (subject to hydrolysis) is 1. The third-order valence-electron chi connectivity index (χ3n) is 4.08. The molecule has 3 N–H and O–H groups in total. The van der Waals surface area contributed by atoms with Gasteiger partial charge in [-0.3, -0.25) is 4.79 Å². The van der Waals surface area contributed by atoms with Crippen molar-refractivity contribution < 1.29 is 19.1 Å². The summed E-state index contributed by atoms with van der Waals surface area (Å²) in [5, 5.41) is 8.13. The second-order valence-corrected chi connectivity index (χ2v) is 8.88. The Kier molecular flexibility index (Phi) is 13.5. The van der Waals surface area contributed by atoms with Crippen molar-refractivity contribution in [2.75, 3.05) is 32.4 Å². The summed E-state index contributed by atoms with van der Waals surface area (Å²) in [6.45, 7) is 11.2. The molecule has 0 bridgehead atoms. The molecule has 0 spiro atoms.